The highest BCUT2D eigenvalue weighted by Gasteiger charge is 2.30. The molecule has 0 aromatic rings. The summed E-state index contributed by atoms with van der Waals surface area (Å²) in [5.74, 6) is 1.25. The smallest absolute Gasteiger partial charge is 0.222 e. The number of amides is 2. The molecule has 1 saturated carbocycles. The molecular weight excluding hydrogens is 338 g/mol. The van der Waals surface area contributed by atoms with Crippen LogP contribution < -0.4 is 0 Å². The van der Waals surface area contributed by atoms with E-state index in [9.17, 15) is 9.59 Å². The van der Waals surface area contributed by atoms with Crippen molar-refractivity contribution >= 4 is 11.8 Å². The number of rotatable bonds is 7. The zero-order valence-corrected chi connectivity index (χ0v) is 17.3. The van der Waals surface area contributed by atoms with Crippen LogP contribution in [0.15, 0.2) is 0 Å². The predicted octanol–water partition coefficient (Wildman–Crippen LogP) is 3.28. The lowest BCUT2D eigenvalue weighted by molar-refractivity contribution is -0.139. The van der Waals surface area contributed by atoms with E-state index in [-0.39, 0.29) is 11.9 Å². The molecule has 0 radical (unpaired) electrons. The van der Waals surface area contributed by atoms with E-state index >= 15 is 0 Å². The maximum absolute atomic E-state index is 12.7. The van der Waals surface area contributed by atoms with Gasteiger partial charge in [0, 0.05) is 45.6 Å². The summed E-state index contributed by atoms with van der Waals surface area (Å²) < 4.78 is 0. The lowest BCUT2D eigenvalue weighted by atomic mass is 9.99. The molecule has 0 spiro atoms. The Balaban J connectivity index is 1.47. The fourth-order valence-corrected chi connectivity index (χ4v) is 5.25. The van der Waals surface area contributed by atoms with Gasteiger partial charge >= 0.3 is 0 Å². The summed E-state index contributed by atoms with van der Waals surface area (Å²) in [4.78, 5) is 31.6. The van der Waals surface area contributed by atoms with Crippen molar-refractivity contribution in [2.75, 3.05) is 39.3 Å². The van der Waals surface area contributed by atoms with Crippen LogP contribution in [0.1, 0.15) is 77.6 Å². The van der Waals surface area contributed by atoms with Gasteiger partial charge in [-0.3, -0.25) is 9.59 Å². The van der Waals surface area contributed by atoms with Crippen molar-refractivity contribution < 1.29 is 9.59 Å². The molecule has 27 heavy (non-hydrogen) atoms. The van der Waals surface area contributed by atoms with Gasteiger partial charge in [0.2, 0.25) is 11.8 Å². The second-order valence-corrected chi connectivity index (χ2v) is 8.94. The molecule has 2 amide bonds. The van der Waals surface area contributed by atoms with E-state index in [4.69, 9.17) is 0 Å². The molecule has 0 aromatic carbocycles. The van der Waals surface area contributed by atoms with Gasteiger partial charge in [-0.15, -0.1) is 0 Å². The standard InChI is InChI=1S/C22H39N3O2/c1-19(26)25(17-16-23-13-5-2-6-14-23)21-10-7-15-24(18-21)22(27)12-11-20-8-3-4-9-20/h20-21H,2-18H2,1H3. The molecule has 5 heteroatoms. The van der Waals surface area contributed by atoms with Crippen LogP contribution in [0.25, 0.3) is 0 Å². The Labute approximate surface area is 165 Å². The summed E-state index contributed by atoms with van der Waals surface area (Å²) >= 11 is 0. The molecule has 3 aliphatic rings. The molecule has 0 N–H and O–H groups in total. The average Bonchev–Trinajstić information content (AvgIpc) is 3.21. The highest BCUT2D eigenvalue weighted by Crippen LogP contribution is 2.29. The van der Waals surface area contributed by atoms with E-state index in [1.165, 1.54) is 58.0 Å². The van der Waals surface area contributed by atoms with Gasteiger partial charge in [-0.05, 0) is 51.1 Å². The first kappa shape index (κ1) is 20.6. The van der Waals surface area contributed by atoms with Crippen molar-refractivity contribution in [3.8, 4) is 0 Å². The zero-order chi connectivity index (χ0) is 19.1. The lowest BCUT2D eigenvalue weighted by Gasteiger charge is -2.40. The first-order chi connectivity index (χ1) is 13.1. The molecule has 3 rings (SSSR count). The fourth-order valence-electron chi connectivity index (χ4n) is 5.25. The van der Waals surface area contributed by atoms with Crippen molar-refractivity contribution in [1.82, 2.24) is 14.7 Å². The van der Waals surface area contributed by atoms with Gasteiger partial charge in [-0.1, -0.05) is 32.1 Å². The third-order valence-corrected chi connectivity index (χ3v) is 6.94. The number of carbonyl (C=O) groups excluding carboxylic acids is 2. The second-order valence-electron chi connectivity index (χ2n) is 8.94. The molecule has 0 bridgehead atoms. The van der Waals surface area contributed by atoms with Crippen LogP contribution in [0.4, 0.5) is 0 Å². The monoisotopic (exact) mass is 377 g/mol. The summed E-state index contributed by atoms with van der Waals surface area (Å²) in [7, 11) is 0. The summed E-state index contributed by atoms with van der Waals surface area (Å²) in [6.45, 7) is 7.43. The Bertz CT molecular complexity index is 484. The minimum Gasteiger partial charge on any atom is -0.341 e. The van der Waals surface area contributed by atoms with Gasteiger partial charge in [0.15, 0.2) is 0 Å². The molecule has 2 aliphatic heterocycles. The van der Waals surface area contributed by atoms with Crippen LogP contribution in [0, 0.1) is 5.92 Å². The highest BCUT2D eigenvalue weighted by molar-refractivity contribution is 5.77. The van der Waals surface area contributed by atoms with E-state index in [0.29, 0.717) is 12.3 Å². The van der Waals surface area contributed by atoms with Crippen LogP contribution in [0.2, 0.25) is 0 Å². The molecule has 1 atom stereocenters. The summed E-state index contributed by atoms with van der Waals surface area (Å²) in [6, 6.07) is 0.205. The Morgan fingerprint density at radius 2 is 1.67 bits per heavy atom. The maximum atomic E-state index is 12.7. The van der Waals surface area contributed by atoms with Crippen molar-refractivity contribution in [2.24, 2.45) is 5.92 Å². The number of hydrogen-bond donors (Lipinski definition) is 0. The molecule has 3 fully saturated rings. The number of hydrogen-bond acceptors (Lipinski definition) is 3. The third kappa shape index (κ3) is 6.20. The van der Waals surface area contributed by atoms with Gasteiger partial charge in [0.25, 0.3) is 0 Å². The van der Waals surface area contributed by atoms with Gasteiger partial charge in [0.05, 0.1) is 0 Å². The number of carbonyl (C=O) groups is 2. The minimum atomic E-state index is 0.164. The SMILES string of the molecule is CC(=O)N(CCN1CCCCC1)C1CCCN(C(=O)CCC2CCCC2)C1. The summed E-state index contributed by atoms with van der Waals surface area (Å²) in [6.07, 6.45) is 13.0. The molecule has 1 unspecified atom stereocenters. The molecule has 154 valence electrons. The van der Waals surface area contributed by atoms with Gasteiger partial charge < -0.3 is 14.7 Å². The highest BCUT2D eigenvalue weighted by atomic mass is 16.2. The Kier molecular flexibility index (Phi) is 7.98. The maximum Gasteiger partial charge on any atom is 0.222 e. The van der Waals surface area contributed by atoms with Gasteiger partial charge in [-0.2, -0.15) is 0 Å². The molecule has 5 nitrogen and oxygen atoms in total. The Morgan fingerprint density at radius 1 is 0.926 bits per heavy atom. The second kappa shape index (κ2) is 10.4. The van der Waals surface area contributed by atoms with E-state index in [0.717, 1.165) is 51.4 Å². The van der Waals surface area contributed by atoms with Crippen LogP contribution in [0.5, 0.6) is 0 Å². The largest absolute Gasteiger partial charge is 0.341 e. The van der Waals surface area contributed by atoms with Crippen LogP contribution in [-0.4, -0.2) is 71.8 Å². The van der Waals surface area contributed by atoms with Crippen LogP contribution >= 0.6 is 0 Å². The van der Waals surface area contributed by atoms with E-state index in [1.54, 1.807) is 6.92 Å². The quantitative estimate of drug-likeness (QED) is 0.684. The normalized spacial score (nSPS) is 24.9. The van der Waals surface area contributed by atoms with E-state index in [2.05, 4.69) is 4.90 Å². The number of likely N-dealkylation sites (tertiary alicyclic amines) is 2. The Morgan fingerprint density at radius 3 is 2.37 bits per heavy atom. The summed E-state index contributed by atoms with van der Waals surface area (Å²) in [5, 5.41) is 0. The zero-order valence-electron chi connectivity index (χ0n) is 17.3. The predicted molar refractivity (Wildman–Crippen MR) is 108 cm³/mol. The fraction of sp³-hybridized carbons (Fsp3) is 0.909. The molecule has 1 aliphatic carbocycles. The first-order valence-corrected chi connectivity index (χ1v) is 11.4. The van der Waals surface area contributed by atoms with Gasteiger partial charge in [-0.25, -0.2) is 0 Å². The van der Waals surface area contributed by atoms with Crippen molar-refractivity contribution in [1.29, 1.82) is 0 Å². The van der Waals surface area contributed by atoms with E-state index in [1.807, 2.05) is 9.80 Å². The van der Waals surface area contributed by atoms with Crippen molar-refractivity contribution in [3.63, 3.8) is 0 Å². The molecule has 0 aromatic heterocycles. The first-order valence-electron chi connectivity index (χ1n) is 11.4. The molecular formula is C22H39N3O2. The van der Waals surface area contributed by atoms with E-state index < -0.39 is 0 Å². The molecule has 2 heterocycles. The lowest BCUT2D eigenvalue weighted by Crippen LogP contribution is -2.53. The van der Waals surface area contributed by atoms with Crippen LogP contribution in [0.3, 0.4) is 0 Å². The molecule has 2 saturated heterocycles. The average molecular weight is 378 g/mol. The third-order valence-electron chi connectivity index (χ3n) is 6.94. The van der Waals surface area contributed by atoms with Crippen molar-refractivity contribution in [2.45, 2.75) is 83.6 Å². The Hall–Kier alpha value is -1.10. The van der Waals surface area contributed by atoms with Gasteiger partial charge in [0.1, 0.15) is 0 Å². The number of nitrogens with zero attached hydrogens (tertiary/aromatic N) is 3. The topological polar surface area (TPSA) is 43.9 Å². The minimum absolute atomic E-state index is 0.164. The van der Waals surface area contributed by atoms with Crippen LogP contribution in [-0.2, 0) is 9.59 Å². The van der Waals surface area contributed by atoms with Crippen molar-refractivity contribution in [3.05, 3.63) is 0 Å². The number of piperidine rings is 2. The summed E-state index contributed by atoms with van der Waals surface area (Å²) in [5.41, 5.74) is 0.